The van der Waals surface area contributed by atoms with Crippen LogP contribution >= 0.6 is 11.8 Å². The number of piperidine rings is 1. The van der Waals surface area contributed by atoms with Crippen molar-refractivity contribution in [1.29, 1.82) is 0 Å². The Kier molecular flexibility index (Phi) is 7.15. The first-order valence-electron chi connectivity index (χ1n) is 14.1. The van der Waals surface area contributed by atoms with Crippen LogP contribution in [0, 0.1) is 5.92 Å². The van der Waals surface area contributed by atoms with E-state index in [1.807, 2.05) is 6.20 Å². The first kappa shape index (κ1) is 26.4. The van der Waals surface area contributed by atoms with Crippen LogP contribution in [0.5, 0.6) is 0 Å². The Morgan fingerprint density at radius 2 is 1.88 bits per heavy atom. The quantitative estimate of drug-likeness (QED) is 0.218. The third kappa shape index (κ3) is 5.50. The van der Waals surface area contributed by atoms with E-state index >= 15 is 0 Å². The number of rotatable bonds is 7. The fourth-order valence-corrected chi connectivity index (χ4v) is 6.31. The van der Waals surface area contributed by atoms with E-state index in [0.717, 1.165) is 66.7 Å². The normalized spacial score (nSPS) is 17.0. The van der Waals surface area contributed by atoms with Crippen LogP contribution in [0.1, 0.15) is 24.2 Å². The second-order valence-electron chi connectivity index (χ2n) is 10.7. The van der Waals surface area contributed by atoms with Crippen molar-refractivity contribution in [1.82, 2.24) is 30.6 Å². The van der Waals surface area contributed by atoms with Crippen LogP contribution in [0.25, 0.3) is 39.0 Å². The van der Waals surface area contributed by atoms with Gasteiger partial charge in [0.25, 0.3) is 11.1 Å². The molecule has 0 saturated carbocycles. The predicted molar refractivity (Wildman–Crippen MR) is 167 cm³/mol. The molecule has 2 fully saturated rings. The molecule has 0 radical (unpaired) electrons. The molecule has 10 heteroatoms. The SMILES string of the molecule is O=C1NC(=O)/C(=C/c2ccnc(N3CCC(CNCc4nc(-c5ccc6[nH]ccc6c5)cc5ccccc45)CC3)n2)S1. The van der Waals surface area contributed by atoms with E-state index in [1.54, 1.807) is 18.3 Å². The van der Waals surface area contributed by atoms with Gasteiger partial charge in [0.05, 0.1) is 22.0 Å². The number of amides is 2. The van der Waals surface area contributed by atoms with Gasteiger partial charge in [0.2, 0.25) is 5.95 Å². The molecule has 0 aliphatic carbocycles. The standard InChI is InChI=1S/C32H29N7O2S/c40-30-29(42-32(41)38-30)17-24-8-12-35-31(36-24)39-13-9-20(10-14-39)18-33-19-28-25-4-2-1-3-21(25)16-27(37-28)22-5-6-26-23(15-22)7-11-34-26/h1-8,11-12,15-17,20,33-34H,9-10,13-14,18-19H2,(H,38,40,41)/b29-17-. The first-order valence-corrected chi connectivity index (χ1v) is 14.9. The predicted octanol–water partition coefficient (Wildman–Crippen LogP) is 5.50. The summed E-state index contributed by atoms with van der Waals surface area (Å²) >= 11 is 0.892. The number of aromatic nitrogens is 4. The minimum atomic E-state index is -0.383. The highest BCUT2D eigenvalue weighted by atomic mass is 32.2. The average Bonchev–Trinajstić information content (AvgIpc) is 3.62. The average molecular weight is 576 g/mol. The van der Waals surface area contributed by atoms with Crippen LogP contribution < -0.4 is 15.5 Å². The van der Waals surface area contributed by atoms with Crippen LogP contribution in [-0.4, -0.2) is 50.7 Å². The van der Waals surface area contributed by atoms with Gasteiger partial charge in [-0.25, -0.2) is 9.97 Å². The van der Waals surface area contributed by atoms with Gasteiger partial charge in [-0.1, -0.05) is 30.3 Å². The summed E-state index contributed by atoms with van der Waals surface area (Å²) in [5.41, 5.74) is 4.90. The number of aromatic amines is 1. The molecular weight excluding hydrogens is 546 g/mol. The number of benzene rings is 2. The van der Waals surface area contributed by atoms with Crippen LogP contribution in [0.4, 0.5) is 10.7 Å². The van der Waals surface area contributed by atoms with E-state index in [-0.39, 0.29) is 11.1 Å². The number of nitrogens with zero attached hydrogens (tertiary/aromatic N) is 4. The van der Waals surface area contributed by atoms with Gasteiger partial charge < -0.3 is 15.2 Å². The third-order valence-electron chi connectivity index (χ3n) is 7.88. The molecule has 210 valence electrons. The second kappa shape index (κ2) is 11.4. The van der Waals surface area contributed by atoms with Crippen molar-refractivity contribution in [2.45, 2.75) is 19.4 Å². The fourth-order valence-electron chi connectivity index (χ4n) is 5.65. The fraction of sp³-hybridized carbons (Fsp3) is 0.219. The summed E-state index contributed by atoms with van der Waals surface area (Å²) in [6, 6.07) is 20.9. The highest BCUT2D eigenvalue weighted by Gasteiger charge is 2.26. The molecule has 5 heterocycles. The Balaban J connectivity index is 0.990. The van der Waals surface area contributed by atoms with Crippen molar-refractivity contribution in [3.05, 3.63) is 89.4 Å². The van der Waals surface area contributed by atoms with Gasteiger partial charge in [-0.15, -0.1) is 0 Å². The molecule has 2 aliphatic rings. The second-order valence-corrected chi connectivity index (χ2v) is 11.7. The highest BCUT2D eigenvalue weighted by Crippen LogP contribution is 2.28. The van der Waals surface area contributed by atoms with Crippen LogP contribution in [0.2, 0.25) is 0 Å². The summed E-state index contributed by atoms with van der Waals surface area (Å²) in [4.78, 5) is 43.3. The van der Waals surface area contributed by atoms with Gasteiger partial charge >= 0.3 is 0 Å². The summed E-state index contributed by atoms with van der Waals surface area (Å²) in [5, 5.41) is 9.15. The van der Waals surface area contributed by atoms with E-state index < -0.39 is 0 Å². The molecule has 7 rings (SSSR count). The molecule has 9 nitrogen and oxygen atoms in total. The maximum atomic E-state index is 11.9. The van der Waals surface area contributed by atoms with Crippen molar-refractivity contribution in [3.8, 4) is 11.3 Å². The van der Waals surface area contributed by atoms with Crippen LogP contribution in [0.3, 0.4) is 0 Å². The lowest BCUT2D eigenvalue weighted by Crippen LogP contribution is -2.38. The first-order chi connectivity index (χ1) is 20.6. The van der Waals surface area contributed by atoms with Crippen molar-refractivity contribution in [2.24, 2.45) is 5.92 Å². The zero-order valence-electron chi connectivity index (χ0n) is 22.8. The minimum absolute atomic E-state index is 0.351. The number of fused-ring (bicyclic) bond motifs is 2. The molecule has 2 aliphatic heterocycles. The maximum absolute atomic E-state index is 11.9. The van der Waals surface area contributed by atoms with E-state index in [1.165, 1.54) is 16.2 Å². The lowest BCUT2D eigenvalue weighted by Gasteiger charge is -2.32. The van der Waals surface area contributed by atoms with Gasteiger partial charge in [-0.05, 0) is 78.9 Å². The van der Waals surface area contributed by atoms with E-state index in [9.17, 15) is 9.59 Å². The largest absolute Gasteiger partial charge is 0.361 e. The van der Waals surface area contributed by atoms with Crippen molar-refractivity contribution >= 4 is 56.6 Å². The number of hydrogen-bond acceptors (Lipinski definition) is 8. The van der Waals surface area contributed by atoms with Crippen LogP contribution in [0.15, 0.2) is 78.0 Å². The smallest absolute Gasteiger partial charge is 0.290 e. The Labute approximate surface area is 246 Å². The van der Waals surface area contributed by atoms with Gasteiger partial charge in [0.1, 0.15) is 0 Å². The van der Waals surface area contributed by atoms with E-state index in [4.69, 9.17) is 4.98 Å². The van der Waals surface area contributed by atoms with Gasteiger partial charge in [0, 0.05) is 53.9 Å². The number of carbonyl (C=O) groups excluding carboxylic acids is 2. The Bertz CT molecular complexity index is 1840. The van der Waals surface area contributed by atoms with Gasteiger partial charge in [-0.2, -0.15) is 0 Å². The molecular formula is C32H29N7O2S. The van der Waals surface area contributed by atoms with E-state index in [2.05, 4.69) is 85.1 Å². The molecule has 2 amide bonds. The topological polar surface area (TPSA) is 116 Å². The molecule has 0 unspecified atom stereocenters. The summed E-state index contributed by atoms with van der Waals surface area (Å²) in [6.07, 6.45) is 7.35. The zero-order chi connectivity index (χ0) is 28.5. The summed E-state index contributed by atoms with van der Waals surface area (Å²) in [5.74, 6) is 0.809. The number of thioether (sulfide) groups is 1. The molecule has 2 saturated heterocycles. The lowest BCUT2D eigenvalue weighted by atomic mass is 9.97. The summed E-state index contributed by atoms with van der Waals surface area (Å²) < 4.78 is 0. The minimum Gasteiger partial charge on any atom is -0.361 e. The molecule has 5 aromatic rings. The Hall–Kier alpha value is -4.54. The molecule has 3 N–H and O–H groups in total. The number of imide groups is 1. The molecule has 42 heavy (non-hydrogen) atoms. The van der Waals surface area contributed by atoms with Gasteiger partial charge in [-0.3, -0.25) is 19.9 Å². The van der Waals surface area contributed by atoms with Crippen molar-refractivity contribution < 1.29 is 9.59 Å². The molecule has 2 aromatic carbocycles. The third-order valence-corrected chi connectivity index (χ3v) is 8.69. The van der Waals surface area contributed by atoms with Crippen molar-refractivity contribution in [3.63, 3.8) is 0 Å². The number of pyridine rings is 1. The number of nitrogens with one attached hydrogen (secondary N) is 3. The molecule has 0 spiro atoms. The molecule has 0 atom stereocenters. The summed E-state index contributed by atoms with van der Waals surface area (Å²) in [7, 11) is 0. The monoisotopic (exact) mass is 575 g/mol. The number of anilines is 1. The summed E-state index contributed by atoms with van der Waals surface area (Å²) in [6.45, 7) is 3.34. The Morgan fingerprint density at radius 3 is 2.74 bits per heavy atom. The number of hydrogen-bond donors (Lipinski definition) is 3. The highest BCUT2D eigenvalue weighted by molar-refractivity contribution is 8.18. The molecule has 3 aromatic heterocycles. The van der Waals surface area contributed by atoms with Gasteiger partial charge in [0.15, 0.2) is 0 Å². The number of carbonyl (C=O) groups is 2. The Morgan fingerprint density at radius 1 is 1.00 bits per heavy atom. The number of H-pyrrole nitrogens is 1. The van der Waals surface area contributed by atoms with Crippen LogP contribution in [-0.2, 0) is 11.3 Å². The van der Waals surface area contributed by atoms with Crippen molar-refractivity contribution in [2.75, 3.05) is 24.5 Å². The maximum Gasteiger partial charge on any atom is 0.290 e. The zero-order valence-corrected chi connectivity index (χ0v) is 23.7. The van der Waals surface area contributed by atoms with E-state index in [0.29, 0.717) is 29.0 Å². The molecule has 0 bridgehead atoms. The lowest BCUT2D eigenvalue weighted by molar-refractivity contribution is -0.115.